The molecule has 0 aliphatic carbocycles. The van der Waals surface area contributed by atoms with Gasteiger partial charge >= 0.3 is 0 Å². The smallest absolute Gasteiger partial charge is 0.165 e. The number of benzene rings is 7. The highest BCUT2D eigenvalue weighted by Gasteiger charge is 2.19. The minimum absolute atomic E-state index is 0.551. The summed E-state index contributed by atoms with van der Waals surface area (Å²) in [4.78, 5) is 23.9. The Bertz CT molecular complexity index is 2660. The summed E-state index contributed by atoms with van der Waals surface area (Å²) in [6.07, 6.45) is 7.09. The van der Waals surface area contributed by atoms with Crippen molar-refractivity contribution in [2.75, 3.05) is 0 Å². The highest BCUT2D eigenvalue weighted by Crippen LogP contribution is 2.43. The van der Waals surface area contributed by atoms with Gasteiger partial charge in [-0.15, -0.1) is 0 Å². The lowest BCUT2D eigenvalue weighted by Crippen LogP contribution is -2.01. The zero-order chi connectivity index (χ0) is 34.4. The fraction of sp³-hybridized carbons (Fsp3) is 0. The molecule has 3 aromatic heterocycles. The summed E-state index contributed by atoms with van der Waals surface area (Å²) in [5.74, 6) is 1.68. The van der Waals surface area contributed by atoms with E-state index in [2.05, 4.69) is 137 Å². The molecule has 0 radical (unpaired) electrons. The van der Waals surface area contributed by atoms with E-state index in [-0.39, 0.29) is 0 Å². The quantitative estimate of drug-likeness (QED) is 0.171. The molecular weight excluding hydrogens is 635 g/mol. The van der Waals surface area contributed by atoms with E-state index in [4.69, 9.17) is 15.0 Å². The molecule has 0 spiro atoms. The van der Waals surface area contributed by atoms with E-state index < -0.39 is 0 Å². The van der Waals surface area contributed by atoms with Crippen molar-refractivity contribution in [1.29, 1.82) is 0 Å². The lowest BCUT2D eigenvalue weighted by atomic mass is 9.87. The molecule has 0 aliphatic rings. The Kier molecular flexibility index (Phi) is 7.07. The van der Waals surface area contributed by atoms with Crippen LogP contribution in [-0.2, 0) is 0 Å². The summed E-state index contributed by atoms with van der Waals surface area (Å²) in [5, 5.41) is 9.52. The van der Waals surface area contributed by atoms with Crippen LogP contribution in [0.2, 0.25) is 0 Å². The molecule has 10 aromatic rings. The summed E-state index contributed by atoms with van der Waals surface area (Å²) >= 11 is 0. The highest BCUT2D eigenvalue weighted by atomic mass is 15.0. The summed E-state index contributed by atoms with van der Waals surface area (Å²) < 4.78 is 0. The van der Waals surface area contributed by atoms with Gasteiger partial charge < -0.3 is 0 Å². The van der Waals surface area contributed by atoms with Gasteiger partial charge in [0, 0.05) is 41.5 Å². The van der Waals surface area contributed by atoms with Crippen LogP contribution in [0.25, 0.3) is 99.5 Å². The van der Waals surface area contributed by atoms with Gasteiger partial charge in [-0.2, -0.15) is 0 Å². The summed E-state index contributed by atoms with van der Waals surface area (Å²) in [6.45, 7) is 0. The van der Waals surface area contributed by atoms with Crippen molar-refractivity contribution in [2.45, 2.75) is 0 Å². The maximum absolute atomic E-state index is 5.14. The van der Waals surface area contributed by atoms with E-state index in [1.54, 1.807) is 24.8 Å². The molecule has 242 valence electrons. The Balaban J connectivity index is 1.33. The standard InChI is InChI=1S/C47H29N5/c1-5-17-39-30(11-1)23-31-12-2-6-18-40(31)43(39)36-25-37(44-41-19-7-3-13-32(41)24-33-14-4-8-20-42(33)44)27-38(26-36)47-51-45(34-15-9-21-48-28-34)50-46(52-47)35-16-10-22-49-29-35/h1-29H. The molecule has 0 saturated heterocycles. The molecule has 0 amide bonds. The van der Waals surface area contributed by atoms with Crippen molar-refractivity contribution in [2.24, 2.45) is 0 Å². The average molecular weight is 664 g/mol. The third-order valence-electron chi connectivity index (χ3n) is 9.79. The Labute approximate surface area is 300 Å². The molecule has 0 saturated carbocycles. The first kappa shape index (κ1) is 29.8. The summed E-state index contributed by atoms with van der Waals surface area (Å²) in [5.41, 5.74) is 7.04. The van der Waals surface area contributed by atoms with Crippen LogP contribution in [0.5, 0.6) is 0 Å². The first-order valence-electron chi connectivity index (χ1n) is 17.3. The maximum Gasteiger partial charge on any atom is 0.165 e. The normalized spacial score (nSPS) is 11.5. The van der Waals surface area contributed by atoms with Crippen LogP contribution < -0.4 is 0 Å². The minimum Gasteiger partial charge on any atom is -0.264 e. The van der Waals surface area contributed by atoms with Crippen LogP contribution in [-0.4, -0.2) is 24.9 Å². The molecule has 10 rings (SSSR count). The SMILES string of the molecule is c1cncc(-c2nc(-c3cccnc3)nc(-c3cc(-c4c5ccccc5cc5ccccc45)cc(-c4c5ccccc5cc5ccccc45)c3)n2)c1. The molecule has 0 atom stereocenters. The zero-order valence-corrected chi connectivity index (χ0v) is 28.0. The van der Waals surface area contributed by atoms with E-state index in [9.17, 15) is 0 Å². The van der Waals surface area contributed by atoms with Crippen LogP contribution in [0.3, 0.4) is 0 Å². The molecule has 7 aromatic carbocycles. The first-order valence-corrected chi connectivity index (χ1v) is 17.3. The van der Waals surface area contributed by atoms with Gasteiger partial charge in [0.2, 0.25) is 0 Å². The largest absolute Gasteiger partial charge is 0.264 e. The molecule has 5 heteroatoms. The van der Waals surface area contributed by atoms with E-state index in [0.29, 0.717) is 17.5 Å². The van der Waals surface area contributed by atoms with Gasteiger partial charge in [-0.05, 0) is 120 Å². The fourth-order valence-corrected chi connectivity index (χ4v) is 7.45. The number of nitrogens with zero attached hydrogens (tertiary/aromatic N) is 5. The minimum atomic E-state index is 0.551. The lowest BCUT2D eigenvalue weighted by molar-refractivity contribution is 1.07. The van der Waals surface area contributed by atoms with Gasteiger partial charge in [0.05, 0.1) is 0 Å². The Morgan fingerprint density at radius 2 is 0.635 bits per heavy atom. The van der Waals surface area contributed by atoms with Crippen LogP contribution in [0.4, 0.5) is 0 Å². The van der Waals surface area contributed by atoms with E-state index in [0.717, 1.165) is 27.8 Å². The molecule has 0 aliphatic heterocycles. The number of aromatic nitrogens is 5. The van der Waals surface area contributed by atoms with Crippen LogP contribution in [0.1, 0.15) is 0 Å². The topological polar surface area (TPSA) is 64.5 Å². The van der Waals surface area contributed by atoms with E-state index in [1.807, 2.05) is 24.3 Å². The fourth-order valence-electron chi connectivity index (χ4n) is 7.45. The van der Waals surface area contributed by atoms with Crippen molar-refractivity contribution in [3.05, 3.63) is 176 Å². The van der Waals surface area contributed by atoms with Gasteiger partial charge in [-0.25, -0.2) is 15.0 Å². The molecular formula is C47H29N5. The van der Waals surface area contributed by atoms with Gasteiger partial charge in [0.25, 0.3) is 0 Å². The van der Waals surface area contributed by atoms with Crippen molar-refractivity contribution >= 4 is 43.1 Å². The second-order valence-electron chi connectivity index (χ2n) is 13.0. The lowest BCUT2D eigenvalue weighted by Gasteiger charge is -2.17. The molecule has 0 N–H and O–H groups in total. The number of pyridine rings is 2. The van der Waals surface area contributed by atoms with Gasteiger partial charge in [-0.3, -0.25) is 9.97 Å². The molecule has 5 nitrogen and oxygen atoms in total. The van der Waals surface area contributed by atoms with Crippen molar-refractivity contribution in [3.63, 3.8) is 0 Å². The summed E-state index contributed by atoms with van der Waals surface area (Å²) in [7, 11) is 0. The second kappa shape index (κ2) is 12.3. The van der Waals surface area contributed by atoms with Crippen molar-refractivity contribution < 1.29 is 0 Å². The molecule has 52 heavy (non-hydrogen) atoms. The predicted octanol–water partition coefficient (Wildman–Crippen LogP) is 11.6. The Hall–Kier alpha value is -7.11. The van der Waals surface area contributed by atoms with Crippen molar-refractivity contribution in [1.82, 2.24) is 24.9 Å². The monoisotopic (exact) mass is 663 g/mol. The predicted molar refractivity (Wildman–Crippen MR) is 213 cm³/mol. The molecule has 0 bridgehead atoms. The average Bonchev–Trinajstić information content (AvgIpc) is 3.22. The zero-order valence-electron chi connectivity index (χ0n) is 28.0. The number of hydrogen-bond acceptors (Lipinski definition) is 5. The number of fused-ring (bicyclic) bond motifs is 4. The Morgan fingerprint density at radius 3 is 1.00 bits per heavy atom. The third kappa shape index (κ3) is 5.15. The number of hydrogen-bond donors (Lipinski definition) is 0. The highest BCUT2D eigenvalue weighted by molar-refractivity contribution is 6.16. The van der Waals surface area contributed by atoms with E-state index in [1.165, 1.54) is 54.2 Å². The number of rotatable bonds is 5. The van der Waals surface area contributed by atoms with Crippen LogP contribution in [0.15, 0.2) is 176 Å². The van der Waals surface area contributed by atoms with Crippen LogP contribution in [0, 0.1) is 0 Å². The first-order chi connectivity index (χ1) is 25.8. The Morgan fingerprint density at radius 1 is 0.288 bits per heavy atom. The molecule has 3 heterocycles. The second-order valence-corrected chi connectivity index (χ2v) is 13.0. The van der Waals surface area contributed by atoms with Crippen molar-refractivity contribution in [3.8, 4) is 56.4 Å². The third-order valence-corrected chi connectivity index (χ3v) is 9.79. The molecule has 0 unspecified atom stereocenters. The molecule has 0 fully saturated rings. The van der Waals surface area contributed by atoms with Gasteiger partial charge in [0.1, 0.15) is 0 Å². The maximum atomic E-state index is 5.14. The van der Waals surface area contributed by atoms with Gasteiger partial charge in [-0.1, -0.05) is 97.1 Å². The van der Waals surface area contributed by atoms with Crippen LogP contribution >= 0.6 is 0 Å². The van der Waals surface area contributed by atoms with E-state index >= 15 is 0 Å². The summed E-state index contributed by atoms with van der Waals surface area (Å²) in [6, 6.07) is 53.7. The van der Waals surface area contributed by atoms with Gasteiger partial charge in [0.15, 0.2) is 17.5 Å².